The Morgan fingerprint density at radius 3 is 2.57 bits per heavy atom. The van der Waals surface area contributed by atoms with Gasteiger partial charge in [0.15, 0.2) is 5.41 Å². The number of esters is 2. The molecule has 4 nitrogen and oxygen atoms in total. The molecule has 1 saturated heterocycles. The van der Waals surface area contributed by atoms with Crippen LogP contribution in [0, 0.1) is 5.41 Å². The standard InChI is InChI=1S/C19H16O4/c1-22-17(20)19-11-13-9-5-6-10-14(13)15(19)16(23-18(19)21)12-7-3-2-4-8-12/h2-10,15-16H,11H2,1H3/t15-,16+,19-/m0/s1. The van der Waals surface area contributed by atoms with E-state index >= 15 is 0 Å². The van der Waals surface area contributed by atoms with Crippen molar-refractivity contribution < 1.29 is 19.1 Å². The summed E-state index contributed by atoms with van der Waals surface area (Å²) >= 11 is 0. The maximum absolute atomic E-state index is 12.7. The number of ether oxygens (including phenoxy) is 2. The highest BCUT2D eigenvalue weighted by Gasteiger charge is 2.67. The number of hydrogen-bond acceptors (Lipinski definition) is 4. The van der Waals surface area contributed by atoms with E-state index in [1.54, 1.807) is 0 Å². The van der Waals surface area contributed by atoms with Gasteiger partial charge in [-0.1, -0.05) is 54.6 Å². The summed E-state index contributed by atoms with van der Waals surface area (Å²) in [7, 11) is 1.32. The predicted molar refractivity (Wildman–Crippen MR) is 82.6 cm³/mol. The molecule has 116 valence electrons. The van der Waals surface area contributed by atoms with Gasteiger partial charge >= 0.3 is 11.9 Å². The van der Waals surface area contributed by atoms with Gasteiger partial charge in [0.25, 0.3) is 0 Å². The van der Waals surface area contributed by atoms with Crippen molar-refractivity contribution in [2.45, 2.75) is 18.4 Å². The predicted octanol–water partition coefficient (Wildman–Crippen LogP) is 2.78. The Morgan fingerprint density at radius 2 is 1.83 bits per heavy atom. The second-order valence-electron chi connectivity index (χ2n) is 6.05. The summed E-state index contributed by atoms with van der Waals surface area (Å²) in [5, 5.41) is 0. The SMILES string of the molecule is COC(=O)[C@]12Cc3ccccc3[C@H]1[C@@H](c1ccccc1)OC2=O. The van der Waals surface area contributed by atoms with Crippen LogP contribution in [0.3, 0.4) is 0 Å². The monoisotopic (exact) mass is 308 g/mol. The number of hydrogen-bond donors (Lipinski definition) is 0. The zero-order valence-electron chi connectivity index (χ0n) is 12.7. The summed E-state index contributed by atoms with van der Waals surface area (Å²) in [6.07, 6.45) is -0.130. The first kappa shape index (κ1) is 14.0. The molecule has 0 saturated carbocycles. The third-order valence-electron chi connectivity index (χ3n) is 4.97. The minimum absolute atomic E-state index is 0.336. The second-order valence-corrected chi connectivity index (χ2v) is 6.05. The van der Waals surface area contributed by atoms with E-state index in [0.717, 1.165) is 16.7 Å². The molecule has 1 fully saturated rings. The number of cyclic esters (lactones) is 1. The van der Waals surface area contributed by atoms with Crippen LogP contribution in [0.4, 0.5) is 0 Å². The van der Waals surface area contributed by atoms with Crippen molar-refractivity contribution in [1.82, 2.24) is 0 Å². The van der Waals surface area contributed by atoms with E-state index in [2.05, 4.69) is 0 Å². The zero-order chi connectivity index (χ0) is 16.0. The quantitative estimate of drug-likeness (QED) is 0.632. The van der Waals surface area contributed by atoms with E-state index in [1.807, 2.05) is 54.6 Å². The summed E-state index contributed by atoms with van der Waals surface area (Å²) in [5.74, 6) is -1.34. The number of rotatable bonds is 2. The van der Waals surface area contributed by atoms with Gasteiger partial charge in [-0.15, -0.1) is 0 Å². The molecule has 0 spiro atoms. The van der Waals surface area contributed by atoms with Gasteiger partial charge in [-0.25, -0.2) is 0 Å². The van der Waals surface area contributed by atoms with Crippen molar-refractivity contribution in [3.05, 3.63) is 71.3 Å². The van der Waals surface area contributed by atoms with Crippen molar-refractivity contribution in [2.75, 3.05) is 7.11 Å². The van der Waals surface area contributed by atoms with Crippen molar-refractivity contribution in [3.63, 3.8) is 0 Å². The highest BCUT2D eigenvalue weighted by Crippen LogP contribution is 2.60. The molecule has 0 amide bonds. The molecular formula is C19H16O4. The van der Waals surface area contributed by atoms with Crippen LogP contribution in [-0.2, 0) is 25.5 Å². The average molecular weight is 308 g/mol. The van der Waals surface area contributed by atoms with Crippen LogP contribution in [-0.4, -0.2) is 19.0 Å². The molecule has 2 aromatic rings. The molecule has 0 bridgehead atoms. The third-order valence-corrected chi connectivity index (χ3v) is 4.97. The molecule has 0 aromatic heterocycles. The minimum atomic E-state index is -1.26. The lowest BCUT2D eigenvalue weighted by Gasteiger charge is -2.23. The molecule has 0 unspecified atom stereocenters. The van der Waals surface area contributed by atoms with Gasteiger partial charge in [0.05, 0.1) is 13.0 Å². The van der Waals surface area contributed by atoms with E-state index in [-0.39, 0.29) is 5.92 Å². The van der Waals surface area contributed by atoms with Crippen LogP contribution < -0.4 is 0 Å². The smallest absolute Gasteiger partial charge is 0.325 e. The number of benzene rings is 2. The third kappa shape index (κ3) is 1.78. The molecule has 0 radical (unpaired) electrons. The summed E-state index contributed by atoms with van der Waals surface area (Å²) < 4.78 is 10.6. The Balaban J connectivity index is 1.91. The normalized spacial score (nSPS) is 28.0. The molecular weight excluding hydrogens is 292 g/mol. The van der Waals surface area contributed by atoms with Gasteiger partial charge in [-0.3, -0.25) is 9.59 Å². The van der Waals surface area contributed by atoms with Gasteiger partial charge < -0.3 is 9.47 Å². The fourth-order valence-corrected chi connectivity index (χ4v) is 3.95. The largest absolute Gasteiger partial charge is 0.468 e. The Bertz CT molecular complexity index is 783. The number of fused-ring (bicyclic) bond motifs is 3. The van der Waals surface area contributed by atoms with Gasteiger partial charge in [-0.05, 0) is 16.7 Å². The molecule has 2 aromatic carbocycles. The first-order valence-corrected chi connectivity index (χ1v) is 7.60. The minimum Gasteiger partial charge on any atom is -0.468 e. The van der Waals surface area contributed by atoms with E-state index in [4.69, 9.17) is 9.47 Å². The van der Waals surface area contributed by atoms with Gasteiger partial charge in [-0.2, -0.15) is 0 Å². The Morgan fingerprint density at radius 1 is 1.13 bits per heavy atom. The number of carbonyl (C=O) groups is 2. The van der Waals surface area contributed by atoms with Crippen molar-refractivity contribution in [2.24, 2.45) is 5.41 Å². The topological polar surface area (TPSA) is 52.6 Å². The highest BCUT2D eigenvalue weighted by atomic mass is 16.6. The van der Waals surface area contributed by atoms with Crippen LogP contribution in [0.1, 0.15) is 28.7 Å². The Labute approximate surface area is 134 Å². The van der Waals surface area contributed by atoms with Crippen LogP contribution in [0.15, 0.2) is 54.6 Å². The summed E-state index contributed by atoms with van der Waals surface area (Å²) in [4.78, 5) is 25.3. The fourth-order valence-electron chi connectivity index (χ4n) is 3.95. The first-order chi connectivity index (χ1) is 11.2. The lowest BCUT2D eigenvalue weighted by atomic mass is 9.74. The van der Waals surface area contributed by atoms with Crippen LogP contribution in [0.5, 0.6) is 0 Å². The first-order valence-electron chi connectivity index (χ1n) is 7.60. The van der Waals surface area contributed by atoms with Crippen molar-refractivity contribution in [3.8, 4) is 0 Å². The average Bonchev–Trinajstić information content (AvgIpc) is 3.09. The van der Waals surface area contributed by atoms with Gasteiger partial charge in [0.2, 0.25) is 0 Å². The molecule has 4 heteroatoms. The molecule has 1 aliphatic carbocycles. The lowest BCUT2D eigenvalue weighted by Crippen LogP contribution is -2.40. The van der Waals surface area contributed by atoms with Crippen molar-refractivity contribution in [1.29, 1.82) is 0 Å². The number of methoxy groups -OCH3 is 1. The maximum Gasteiger partial charge on any atom is 0.325 e. The molecule has 1 heterocycles. The van der Waals surface area contributed by atoms with Crippen LogP contribution >= 0.6 is 0 Å². The van der Waals surface area contributed by atoms with Gasteiger partial charge in [0.1, 0.15) is 6.10 Å². The van der Waals surface area contributed by atoms with E-state index in [0.29, 0.717) is 6.42 Å². The summed E-state index contributed by atoms with van der Waals surface area (Å²) in [5.41, 5.74) is 1.64. The lowest BCUT2D eigenvalue weighted by molar-refractivity contribution is -0.163. The van der Waals surface area contributed by atoms with E-state index in [1.165, 1.54) is 7.11 Å². The van der Waals surface area contributed by atoms with E-state index in [9.17, 15) is 9.59 Å². The molecule has 1 aliphatic heterocycles. The molecule has 4 rings (SSSR count). The van der Waals surface area contributed by atoms with E-state index < -0.39 is 23.5 Å². The molecule has 3 atom stereocenters. The second kappa shape index (κ2) is 4.95. The molecule has 0 N–H and O–H groups in total. The maximum atomic E-state index is 12.7. The summed E-state index contributed by atoms with van der Waals surface area (Å²) in [6, 6.07) is 17.4. The Hall–Kier alpha value is -2.62. The fraction of sp³-hybridized carbons (Fsp3) is 0.263. The van der Waals surface area contributed by atoms with Crippen LogP contribution in [0.25, 0.3) is 0 Å². The van der Waals surface area contributed by atoms with Crippen molar-refractivity contribution >= 4 is 11.9 Å². The molecule has 2 aliphatic rings. The van der Waals surface area contributed by atoms with Crippen LogP contribution in [0.2, 0.25) is 0 Å². The Kier molecular flexibility index (Phi) is 3.01. The molecule has 23 heavy (non-hydrogen) atoms. The summed E-state index contributed by atoms with van der Waals surface area (Å²) in [6.45, 7) is 0. The highest BCUT2D eigenvalue weighted by molar-refractivity contribution is 6.04. The zero-order valence-corrected chi connectivity index (χ0v) is 12.7. The number of carbonyl (C=O) groups excluding carboxylic acids is 2. The van der Waals surface area contributed by atoms with Gasteiger partial charge in [0, 0.05) is 6.42 Å².